The molecule has 23 heavy (non-hydrogen) atoms. The lowest BCUT2D eigenvalue weighted by atomic mass is 10.2. The highest BCUT2D eigenvalue weighted by atomic mass is 16.5. The lowest BCUT2D eigenvalue weighted by Crippen LogP contribution is -2.31. The van der Waals surface area contributed by atoms with Crippen LogP contribution in [-0.2, 0) is 17.8 Å². The number of carbonyl (C=O) groups excluding carboxylic acids is 1. The molecule has 0 radical (unpaired) electrons. The largest absolute Gasteiger partial charge is 0.339 e. The van der Waals surface area contributed by atoms with Crippen LogP contribution < -0.4 is 0 Å². The zero-order valence-electron chi connectivity index (χ0n) is 13.9. The van der Waals surface area contributed by atoms with Gasteiger partial charge in [0, 0.05) is 31.6 Å². The van der Waals surface area contributed by atoms with Gasteiger partial charge < -0.3 is 9.42 Å². The first-order valence-corrected chi connectivity index (χ1v) is 8.21. The smallest absolute Gasteiger partial charge is 0.226 e. The lowest BCUT2D eigenvalue weighted by molar-refractivity contribution is -0.132. The lowest BCUT2D eigenvalue weighted by Gasteiger charge is -2.22. The highest BCUT2D eigenvalue weighted by molar-refractivity contribution is 5.76. The molecule has 0 saturated carbocycles. The molecule has 3 heterocycles. The fourth-order valence-electron chi connectivity index (χ4n) is 3.13. The molecule has 0 unspecified atom stereocenters. The Morgan fingerprint density at radius 3 is 2.91 bits per heavy atom. The first-order chi connectivity index (χ1) is 11.1. The second-order valence-electron chi connectivity index (χ2n) is 6.05. The van der Waals surface area contributed by atoms with Crippen LogP contribution in [0.25, 0.3) is 0 Å². The molecule has 1 aliphatic heterocycles. The summed E-state index contributed by atoms with van der Waals surface area (Å²) in [6, 6.07) is 1.97. The maximum Gasteiger partial charge on any atom is 0.226 e. The van der Waals surface area contributed by atoms with E-state index >= 15 is 0 Å². The molecule has 0 aromatic carbocycles. The highest BCUT2D eigenvalue weighted by Crippen LogP contribution is 2.30. The van der Waals surface area contributed by atoms with Crippen LogP contribution in [0, 0.1) is 13.8 Å². The van der Waals surface area contributed by atoms with E-state index in [1.807, 2.05) is 36.4 Å². The highest BCUT2D eigenvalue weighted by Gasteiger charge is 2.33. The van der Waals surface area contributed by atoms with Crippen LogP contribution in [0.5, 0.6) is 0 Å². The third-order valence-corrected chi connectivity index (χ3v) is 4.30. The normalized spacial score (nSPS) is 17.9. The van der Waals surface area contributed by atoms with Crippen LogP contribution in [0.1, 0.15) is 55.3 Å². The van der Waals surface area contributed by atoms with Gasteiger partial charge in [0.15, 0.2) is 5.82 Å². The van der Waals surface area contributed by atoms with Crippen LogP contribution in [-0.4, -0.2) is 37.3 Å². The van der Waals surface area contributed by atoms with Crippen molar-refractivity contribution in [2.75, 3.05) is 6.54 Å². The van der Waals surface area contributed by atoms with Crippen LogP contribution in [0.3, 0.4) is 0 Å². The SMILES string of the molecule is CCc1nc([C@@H]2CCCN2C(=O)CCn2nc(C)cc2C)no1. The average molecular weight is 317 g/mol. The van der Waals surface area contributed by atoms with E-state index in [1.54, 1.807) is 0 Å². The maximum atomic E-state index is 12.6. The number of carbonyl (C=O) groups is 1. The van der Waals surface area contributed by atoms with Crippen LogP contribution in [0.15, 0.2) is 10.6 Å². The van der Waals surface area contributed by atoms with Crippen molar-refractivity contribution in [3.63, 3.8) is 0 Å². The van der Waals surface area contributed by atoms with Gasteiger partial charge in [-0.15, -0.1) is 0 Å². The first-order valence-electron chi connectivity index (χ1n) is 8.21. The fourth-order valence-corrected chi connectivity index (χ4v) is 3.13. The minimum absolute atomic E-state index is 0.0491. The van der Waals surface area contributed by atoms with E-state index in [9.17, 15) is 4.79 Å². The molecule has 0 aliphatic carbocycles. The van der Waals surface area contributed by atoms with Gasteiger partial charge in [-0.2, -0.15) is 10.1 Å². The number of hydrogen-bond donors (Lipinski definition) is 0. The monoisotopic (exact) mass is 317 g/mol. The molecule has 1 aliphatic rings. The molecule has 1 atom stereocenters. The number of aryl methyl sites for hydroxylation is 4. The summed E-state index contributed by atoms with van der Waals surface area (Å²) >= 11 is 0. The standard InChI is InChI=1S/C16H23N5O2/c1-4-14-17-16(19-23-14)13-6-5-8-20(13)15(22)7-9-21-12(3)10-11(2)18-21/h10,13H,4-9H2,1-3H3/t13-/m0/s1. The Morgan fingerprint density at radius 2 is 2.26 bits per heavy atom. The van der Waals surface area contributed by atoms with Crippen molar-refractivity contribution in [3.05, 3.63) is 29.2 Å². The number of hydrogen-bond acceptors (Lipinski definition) is 5. The van der Waals surface area contributed by atoms with Gasteiger partial charge >= 0.3 is 0 Å². The second-order valence-corrected chi connectivity index (χ2v) is 6.05. The van der Waals surface area contributed by atoms with Crippen molar-refractivity contribution < 1.29 is 9.32 Å². The van der Waals surface area contributed by atoms with E-state index in [2.05, 4.69) is 15.2 Å². The van der Waals surface area contributed by atoms with Gasteiger partial charge in [-0.05, 0) is 32.8 Å². The molecule has 3 rings (SSSR count). The molecule has 0 N–H and O–H groups in total. The first kappa shape index (κ1) is 15.7. The van der Waals surface area contributed by atoms with Gasteiger partial charge in [0.2, 0.25) is 11.8 Å². The van der Waals surface area contributed by atoms with E-state index in [4.69, 9.17) is 4.52 Å². The Kier molecular flexibility index (Phi) is 4.45. The number of nitrogens with zero attached hydrogens (tertiary/aromatic N) is 5. The van der Waals surface area contributed by atoms with E-state index in [0.29, 0.717) is 31.1 Å². The van der Waals surface area contributed by atoms with E-state index in [1.165, 1.54) is 0 Å². The predicted molar refractivity (Wildman–Crippen MR) is 83.7 cm³/mol. The summed E-state index contributed by atoms with van der Waals surface area (Å²) in [4.78, 5) is 18.9. The average Bonchev–Trinajstić information content (AvgIpc) is 3.23. The number of amides is 1. The summed E-state index contributed by atoms with van der Waals surface area (Å²) in [5.41, 5.74) is 2.06. The van der Waals surface area contributed by atoms with Crippen LogP contribution in [0.2, 0.25) is 0 Å². The fraction of sp³-hybridized carbons (Fsp3) is 0.625. The summed E-state index contributed by atoms with van der Waals surface area (Å²) < 4.78 is 7.08. The van der Waals surface area contributed by atoms with Gasteiger partial charge in [0.25, 0.3) is 0 Å². The van der Waals surface area contributed by atoms with E-state index in [-0.39, 0.29) is 11.9 Å². The summed E-state index contributed by atoms with van der Waals surface area (Å²) in [6.45, 7) is 7.31. The summed E-state index contributed by atoms with van der Waals surface area (Å²) in [7, 11) is 0. The molecular formula is C16H23N5O2. The van der Waals surface area contributed by atoms with Gasteiger partial charge in [0.1, 0.15) is 0 Å². The quantitative estimate of drug-likeness (QED) is 0.845. The van der Waals surface area contributed by atoms with Crippen LogP contribution >= 0.6 is 0 Å². The summed E-state index contributed by atoms with van der Waals surface area (Å²) in [6.07, 6.45) is 3.03. The number of rotatable bonds is 5. The molecule has 1 saturated heterocycles. The van der Waals surface area contributed by atoms with Gasteiger partial charge in [-0.25, -0.2) is 0 Å². The number of likely N-dealkylation sites (tertiary alicyclic amines) is 1. The Balaban J connectivity index is 1.65. The Morgan fingerprint density at radius 1 is 1.43 bits per heavy atom. The molecule has 124 valence electrons. The van der Waals surface area contributed by atoms with Gasteiger partial charge in [-0.1, -0.05) is 12.1 Å². The predicted octanol–water partition coefficient (Wildman–Crippen LogP) is 2.20. The number of aromatic nitrogens is 4. The molecule has 2 aromatic rings. The molecule has 1 amide bonds. The molecule has 7 nitrogen and oxygen atoms in total. The molecule has 2 aromatic heterocycles. The van der Waals surface area contributed by atoms with Crippen molar-refractivity contribution in [1.82, 2.24) is 24.8 Å². The third-order valence-electron chi connectivity index (χ3n) is 4.30. The Hall–Kier alpha value is -2.18. The third kappa shape index (κ3) is 3.28. The Labute approximate surface area is 135 Å². The van der Waals surface area contributed by atoms with Crippen molar-refractivity contribution >= 4 is 5.91 Å². The second kappa shape index (κ2) is 6.52. The maximum absolute atomic E-state index is 12.6. The zero-order chi connectivity index (χ0) is 16.4. The molecule has 1 fully saturated rings. The molecular weight excluding hydrogens is 294 g/mol. The Bertz CT molecular complexity index is 690. The van der Waals surface area contributed by atoms with Crippen molar-refractivity contribution in [3.8, 4) is 0 Å². The zero-order valence-corrected chi connectivity index (χ0v) is 13.9. The molecule has 7 heteroatoms. The summed E-state index contributed by atoms with van der Waals surface area (Å²) in [5, 5.41) is 8.45. The van der Waals surface area contributed by atoms with Crippen LogP contribution in [0.4, 0.5) is 0 Å². The molecule has 0 bridgehead atoms. The minimum Gasteiger partial charge on any atom is -0.339 e. The van der Waals surface area contributed by atoms with E-state index in [0.717, 1.165) is 30.8 Å². The van der Waals surface area contributed by atoms with E-state index < -0.39 is 0 Å². The van der Waals surface area contributed by atoms with Gasteiger partial charge in [0.05, 0.1) is 11.7 Å². The topological polar surface area (TPSA) is 77.1 Å². The van der Waals surface area contributed by atoms with Crippen molar-refractivity contribution in [2.24, 2.45) is 0 Å². The minimum atomic E-state index is -0.0491. The van der Waals surface area contributed by atoms with Crippen molar-refractivity contribution in [1.29, 1.82) is 0 Å². The summed E-state index contributed by atoms with van der Waals surface area (Å²) in [5.74, 6) is 1.39. The van der Waals surface area contributed by atoms with Gasteiger partial charge in [-0.3, -0.25) is 9.48 Å². The van der Waals surface area contributed by atoms with Crippen molar-refractivity contribution in [2.45, 2.75) is 59.0 Å². The molecule has 0 spiro atoms.